The number of non-ortho nitro benzene ring substituents is 1. The molecule has 120 valence electrons. The molecule has 5 N–H and O–H groups in total. The van der Waals surface area contributed by atoms with Gasteiger partial charge < -0.3 is 16.4 Å². The number of nitro groups is 1. The number of carbonyl (C=O) groups is 2. The molecule has 0 saturated carbocycles. The normalized spacial score (nSPS) is 11.5. The minimum atomic E-state index is -0.626. The third kappa shape index (κ3) is 5.88. The van der Waals surface area contributed by atoms with E-state index in [4.69, 9.17) is 0 Å². The van der Waals surface area contributed by atoms with Crippen LogP contribution in [-0.2, 0) is 9.59 Å². The van der Waals surface area contributed by atoms with Gasteiger partial charge in [-0.05, 0) is 31.4 Å². The number of quaternary nitrogens is 1. The summed E-state index contributed by atoms with van der Waals surface area (Å²) in [4.78, 5) is 33.4. The van der Waals surface area contributed by atoms with E-state index in [0.29, 0.717) is 12.1 Å². The fourth-order valence-electron chi connectivity index (χ4n) is 1.94. The number of hydrogen-bond donors (Lipinski definition) is 3. The summed E-state index contributed by atoms with van der Waals surface area (Å²) in [6.07, 6.45) is 2.18. The zero-order chi connectivity index (χ0) is 16.5. The third-order valence-corrected chi connectivity index (χ3v) is 3.03. The van der Waals surface area contributed by atoms with E-state index in [1.54, 1.807) is 0 Å². The van der Waals surface area contributed by atoms with Gasteiger partial charge in [0.25, 0.3) is 5.69 Å². The molecular weight excluding hydrogens is 288 g/mol. The predicted octanol–water partition coefficient (Wildman–Crippen LogP) is 0.450. The molecule has 0 saturated heterocycles. The Morgan fingerprint density at radius 1 is 1.27 bits per heavy atom. The van der Waals surface area contributed by atoms with Crippen molar-refractivity contribution in [2.45, 2.75) is 32.2 Å². The van der Waals surface area contributed by atoms with E-state index < -0.39 is 11.0 Å². The number of anilines is 1. The monoisotopic (exact) mass is 309 g/mol. The van der Waals surface area contributed by atoms with Crippen molar-refractivity contribution in [1.82, 2.24) is 5.32 Å². The molecule has 8 nitrogen and oxygen atoms in total. The molecule has 0 aliphatic carbocycles. The Morgan fingerprint density at radius 2 is 1.91 bits per heavy atom. The quantitative estimate of drug-likeness (QED) is 0.366. The van der Waals surface area contributed by atoms with Gasteiger partial charge in [0, 0.05) is 24.7 Å². The summed E-state index contributed by atoms with van der Waals surface area (Å²) in [7, 11) is 0. The lowest BCUT2D eigenvalue weighted by Crippen LogP contribution is -2.50. The topological polar surface area (TPSA) is 129 Å². The second-order valence-corrected chi connectivity index (χ2v) is 4.90. The maximum atomic E-state index is 12.2. The van der Waals surface area contributed by atoms with Crippen LogP contribution in [0, 0.1) is 10.1 Å². The lowest BCUT2D eigenvalue weighted by Gasteiger charge is -2.17. The van der Waals surface area contributed by atoms with Crippen LogP contribution in [0.4, 0.5) is 11.4 Å². The fraction of sp³-hybridized carbons (Fsp3) is 0.429. The van der Waals surface area contributed by atoms with Crippen molar-refractivity contribution < 1.29 is 20.2 Å². The van der Waals surface area contributed by atoms with E-state index in [1.165, 1.54) is 31.2 Å². The molecule has 8 heteroatoms. The highest BCUT2D eigenvalue weighted by Crippen LogP contribution is 2.16. The summed E-state index contributed by atoms with van der Waals surface area (Å²) in [6, 6.07) is 4.91. The number of nitro benzene ring substituents is 1. The fourth-order valence-corrected chi connectivity index (χ4v) is 1.94. The SMILES string of the molecule is CC(=O)N[C@@H](CCCC[NH3+])C(=O)Nc1ccc([N+](=O)[O-])cc1. The molecule has 1 aromatic carbocycles. The van der Waals surface area contributed by atoms with Crippen LogP contribution < -0.4 is 16.4 Å². The molecular formula is C14H21N4O4+. The Morgan fingerprint density at radius 3 is 2.41 bits per heavy atom. The molecule has 1 atom stereocenters. The smallest absolute Gasteiger partial charge is 0.269 e. The molecule has 0 fully saturated rings. The van der Waals surface area contributed by atoms with Crippen LogP contribution in [0.1, 0.15) is 26.2 Å². The Labute approximate surface area is 128 Å². The number of rotatable bonds is 8. The van der Waals surface area contributed by atoms with Gasteiger partial charge in [-0.1, -0.05) is 0 Å². The zero-order valence-electron chi connectivity index (χ0n) is 12.5. The average molecular weight is 309 g/mol. The van der Waals surface area contributed by atoms with Crippen LogP contribution in [0.5, 0.6) is 0 Å². The highest BCUT2D eigenvalue weighted by molar-refractivity contribution is 5.96. The second-order valence-electron chi connectivity index (χ2n) is 4.90. The number of carbonyl (C=O) groups excluding carboxylic acids is 2. The Kier molecular flexibility index (Phi) is 6.97. The molecule has 0 radical (unpaired) electrons. The number of amides is 2. The summed E-state index contributed by atoms with van der Waals surface area (Å²) >= 11 is 0. The van der Waals surface area contributed by atoms with Crippen molar-refractivity contribution in [3.63, 3.8) is 0 Å². The summed E-state index contributed by atoms with van der Waals surface area (Å²) in [5.74, 6) is -0.619. The third-order valence-electron chi connectivity index (χ3n) is 3.03. The van der Waals surface area contributed by atoms with Gasteiger partial charge in [0.15, 0.2) is 0 Å². The molecule has 0 heterocycles. The Hall–Kier alpha value is -2.48. The standard InChI is InChI=1S/C14H20N4O4/c1-10(19)16-13(4-2-3-9-15)14(20)17-11-5-7-12(8-6-11)18(21)22/h5-8,13H,2-4,9,15H2,1H3,(H,16,19)(H,17,20)/p+1/t13-/m0/s1. The first kappa shape index (κ1) is 17.6. The maximum Gasteiger partial charge on any atom is 0.269 e. The van der Waals surface area contributed by atoms with Gasteiger partial charge in [0.1, 0.15) is 6.04 Å². The van der Waals surface area contributed by atoms with Crippen LogP contribution in [0.25, 0.3) is 0 Å². The summed E-state index contributed by atoms with van der Waals surface area (Å²) in [5.41, 5.74) is 4.13. The van der Waals surface area contributed by atoms with Crippen molar-refractivity contribution in [2.24, 2.45) is 0 Å². The van der Waals surface area contributed by atoms with Crippen LogP contribution in [0.15, 0.2) is 24.3 Å². The van der Waals surface area contributed by atoms with Gasteiger partial charge >= 0.3 is 0 Å². The minimum absolute atomic E-state index is 0.0492. The van der Waals surface area contributed by atoms with E-state index in [9.17, 15) is 19.7 Å². The molecule has 0 unspecified atom stereocenters. The first-order valence-corrected chi connectivity index (χ1v) is 7.05. The van der Waals surface area contributed by atoms with Crippen molar-refractivity contribution in [1.29, 1.82) is 0 Å². The van der Waals surface area contributed by atoms with Crippen molar-refractivity contribution in [3.05, 3.63) is 34.4 Å². The number of unbranched alkanes of at least 4 members (excludes halogenated alkanes) is 1. The van der Waals surface area contributed by atoms with Crippen molar-refractivity contribution >= 4 is 23.2 Å². The molecule has 0 bridgehead atoms. The number of hydrogen-bond acceptors (Lipinski definition) is 4. The maximum absolute atomic E-state index is 12.2. The van der Waals surface area contributed by atoms with E-state index in [-0.39, 0.29) is 17.5 Å². The highest BCUT2D eigenvalue weighted by Gasteiger charge is 2.19. The average Bonchev–Trinajstić information content (AvgIpc) is 2.46. The predicted molar refractivity (Wildman–Crippen MR) is 80.9 cm³/mol. The molecule has 0 spiro atoms. The van der Waals surface area contributed by atoms with Gasteiger partial charge in [0.05, 0.1) is 11.5 Å². The van der Waals surface area contributed by atoms with Crippen LogP contribution in [-0.4, -0.2) is 29.3 Å². The molecule has 0 aromatic heterocycles. The number of nitrogens with one attached hydrogen (secondary N) is 2. The Balaban J connectivity index is 2.68. The molecule has 0 aliphatic heterocycles. The van der Waals surface area contributed by atoms with Gasteiger partial charge in [-0.25, -0.2) is 0 Å². The van der Waals surface area contributed by atoms with Gasteiger partial charge in [-0.2, -0.15) is 0 Å². The number of nitrogens with zero attached hydrogens (tertiary/aromatic N) is 1. The summed E-state index contributed by atoms with van der Waals surface area (Å²) in [5, 5.41) is 15.8. The van der Waals surface area contributed by atoms with E-state index in [1.807, 2.05) is 0 Å². The van der Waals surface area contributed by atoms with E-state index in [2.05, 4.69) is 16.4 Å². The number of benzene rings is 1. The summed E-state index contributed by atoms with van der Waals surface area (Å²) < 4.78 is 0. The first-order valence-electron chi connectivity index (χ1n) is 7.05. The van der Waals surface area contributed by atoms with E-state index in [0.717, 1.165) is 19.4 Å². The summed E-state index contributed by atoms with van der Waals surface area (Å²) in [6.45, 7) is 2.13. The van der Waals surface area contributed by atoms with Gasteiger partial charge in [-0.3, -0.25) is 19.7 Å². The molecule has 0 aliphatic rings. The lowest BCUT2D eigenvalue weighted by atomic mass is 10.1. The van der Waals surface area contributed by atoms with E-state index >= 15 is 0 Å². The van der Waals surface area contributed by atoms with Gasteiger partial charge in [0.2, 0.25) is 11.8 Å². The van der Waals surface area contributed by atoms with Crippen molar-refractivity contribution in [3.8, 4) is 0 Å². The van der Waals surface area contributed by atoms with Gasteiger partial charge in [-0.15, -0.1) is 0 Å². The highest BCUT2D eigenvalue weighted by atomic mass is 16.6. The van der Waals surface area contributed by atoms with Crippen molar-refractivity contribution in [2.75, 3.05) is 11.9 Å². The molecule has 22 heavy (non-hydrogen) atoms. The zero-order valence-corrected chi connectivity index (χ0v) is 12.5. The Bertz CT molecular complexity index is 530. The first-order chi connectivity index (χ1) is 10.4. The minimum Gasteiger partial charge on any atom is -0.358 e. The van der Waals surface area contributed by atoms with Crippen LogP contribution >= 0.6 is 0 Å². The lowest BCUT2D eigenvalue weighted by molar-refractivity contribution is -0.384. The second kappa shape index (κ2) is 8.73. The molecule has 1 aromatic rings. The van der Waals surface area contributed by atoms with Crippen LogP contribution in [0.3, 0.4) is 0 Å². The largest absolute Gasteiger partial charge is 0.358 e. The molecule has 2 amide bonds. The molecule has 1 rings (SSSR count). The van der Waals surface area contributed by atoms with Crippen LogP contribution in [0.2, 0.25) is 0 Å².